The van der Waals surface area contributed by atoms with Crippen molar-refractivity contribution in [3.05, 3.63) is 35.4 Å². The number of allylic oxidation sites excluding steroid dienone is 1. The van der Waals surface area contributed by atoms with Crippen LogP contribution in [0.5, 0.6) is 11.5 Å². The summed E-state index contributed by atoms with van der Waals surface area (Å²) in [5.74, 6) is 1.16. The summed E-state index contributed by atoms with van der Waals surface area (Å²) in [4.78, 5) is 11.7. The first-order chi connectivity index (χ1) is 9.65. The average Bonchev–Trinajstić information content (AvgIpc) is 2.47. The van der Waals surface area contributed by atoms with Crippen molar-refractivity contribution in [3.8, 4) is 11.5 Å². The van der Waals surface area contributed by atoms with Gasteiger partial charge in [-0.25, -0.2) is 4.79 Å². The van der Waals surface area contributed by atoms with Crippen molar-refractivity contribution >= 4 is 5.97 Å². The Morgan fingerprint density at radius 2 is 1.90 bits per heavy atom. The fraction of sp³-hybridized carbons (Fsp3) is 0.438. The van der Waals surface area contributed by atoms with Gasteiger partial charge in [0.05, 0.1) is 20.8 Å². The number of benzene rings is 1. The standard InChI is InChI=1S/C16H22O4/c1-5-13(16(17)20-6-2)9-7-12-8-10-14(18-3)15(11-12)19-4/h5,8,10-11H,6-7,9H2,1-4H3/b13-5+. The van der Waals surface area contributed by atoms with E-state index in [1.54, 1.807) is 27.2 Å². The molecule has 0 saturated carbocycles. The highest BCUT2D eigenvalue weighted by Crippen LogP contribution is 2.28. The SMILES string of the molecule is C/C=C(\CCc1ccc(OC)c(OC)c1)C(=O)OCC. The van der Waals surface area contributed by atoms with Gasteiger partial charge in [0.15, 0.2) is 11.5 Å². The van der Waals surface area contributed by atoms with Crippen molar-refractivity contribution in [2.45, 2.75) is 26.7 Å². The van der Waals surface area contributed by atoms with Crippen LogP contribution in [0.15, 0.2) is 29.8 Å². The summed E-state index contributed by atoms with van der Waals surface area (Å²) in [6.45, 7) is 4.05. The van der Waals surface area contributed by atoms with Gasteiger partial charge in [-0.2, -0.15) is 0 Å². The van der Waals surface area contributed by atoms with Crippen LogP contribution in [0.25, 0.3) is 0 Å². The monoisotopic (exact) mass is 278 g/mol. The number of rotatable bonds is 7. The Hall–Kier alpha value is -1.97. The third-order valence-electron chi connectivity index (χ3n) is 3.02. The molecule has 4 nitrogen and oxygen atoms in total. The molecule has 0 saturated heterocycles. The zero-order valence-corrected chi connectivity index (χ0v) is 12.6. The Bertz CT molecular complexity index is 477. The van der Waals surface area contributed by atoms with Crippen LogP contribution in [0.4, 0.5) is 0 Å². The van der Waals surface area contributed by atoms with Crippen molar-refractivity contribution < 1.29 is 19.0 Å². The average molecular weight is 278 g/mol. The van der Waals surface area contributed by atoms with Crippen molar-refractivity contribution in [3.63, 3.8) is 0 Å². The van der Waals surface area contributed by atoms with Crippen molar-refractivity contribution in [1.82, 2.24) is 0 Å². The van der Waals surface area contributed by atoms with Gasteiger partial charge in [-0.05, 0) is 44.4 Å². The van der Waals surface area contributed by atoms with E-state index in [0.29, 0.717) is 30.1 Å². The van der Waals surface area contributed by atoms with Gasteiger partial charge in [-0.1, -0.05) is 12.1 Å². The topological polar surface area (TPSA) is 44.8 Å². The molecule has 20 heavy (non-hydrogen) atoms. The molecular weight excluding hydrogens is 256 g/mol. The van der Waals surface area contributed by atoms with Crippen LogP contribution in [0.2, 0.25) is 0 Å². The maximum atomic E-state index is 11.7. The van der Waals surface area contributed by atoms with Crippen LogP contribution in [0.1, 0.15) is 25.8 Å². The summed E-state index contributed by atoms with van der Waals surface area (Å²) < 4.78 is 15.5. The maximum Gasteiger partial charge on any atom is 0.333 e. The van der Waals surface area contributed by atoms with E-state index in [2.05, 4.69) is 0 Å². The van der Waals surface area contributed by atoms with E-state index in [1.807, 2.05) is 25.1 Å². The van der Waals surface area contributed by atoms with Gasteiger partial charge in [-0.15, -0.1) is 0 Å². The maximum absolute atomic E-state index is 11.7. The number of carbonyl (C=O) groups is 1. The van der Waals surface area contributed by atoms with Gasteiger partial charge in [0.1, 0.15) is 0 Å². The third-order valence-corrected chi connectivity index (χ3v) is 3.02. The predicted octanol–water partition coefficient (Wildman–Crippen LogP) is 3.15. The van der Waals surface area contributed by atoms with Crippen LogP contribution in [0, 0.1) is 0 Å². The minimum Gasteiger partial charge on any atom is -0.493 e. The van der Waals surface area contributed by atoms with E-state index in [9.17, 15) is 4.79 Å². The zero-order valence-electron chi connectivity index (χ0n) is 12.6. The van der Waals surface area contributed by atoms with E-state index in [4.69, 9.17) is 14.2 Å². The first-order valence-corrected chi connectivity index (χ1v) is 6.69. The number of hydrogen-bond donors (Lipinski definition) is 0. The molecule has 0 aliphatic heterocycles. The Labute approximate surface area is 120 Å². The molecule has 0 amide bonds. The highest BCUT2D eigenvalue weighted by atomic mass is 16.5. The summed E-state index contributed by atoms with van der Waals surface area (Å²) in [7, 11) is 3.22. The van der Waals surface area contributed by atoms with Crippen LogP contribution >= 0.6 is 0 Å². The quantitative estimate of drug-likeness (QED) is 0.568. The fourth-order valence-corrected chi connectivity index (χ4v) is 1.90. The van der Waals surface area contributed by atoms with E-state index < -0.39 is 0 Å². The second-order valence-corrected chi connectivity index (χ2v) is 4.22. The summed E-state index contributed by atoms with van der Waals surface area (Å²) >= 11 is 0. The fourth-order valence-electron chi connectivity index (χ4n) is 1.90. The number of ether oxygens (including phenoxy) is 3. The predicted molar refractivity (Wildman–Crippen MR) is 78.3 cm³/mol. The molecule has 0 spiro atoms. The molecule has 0 aliphatic rings. The van der Waals surface area contributed by atoms with Crippen LogP contribution in [0.3, 0.4) is 0 Å². The zero-order chi connectivity index (χ0) is 15.0. The van der Waals surface area contributed by atoms with Crippen LogP contribution in [-0.2, 0) is 16.0 Å². The van der Waals surface area contributed by atoms with Gasteiger partial charge in [0.2, 0.25) is 0 Å². The van der Waals surface area contributed by atoms with Gasteiger partial charge in [0.25, 0.3) is 0 Å². The Kier molecular flexibility index (Phi) is 6.64. The molecule has 0 unspecified atom stereocenters. The van der Waals surface area contributed by atoms with Gasteiger partial charge in [0, 0.05) is 5.57 Å². The lowest BCUT2D eigenvalue weighted by atomic mass is 10.0. The third kappa shape index (κ3) is 4.30. The highest BCUT2D eigenvalue weighted by Gasteiger charge is 2.10. The smallest absolute Gasteiger partial charge is 0.333 e. The molecule has 0 atom stereocenters. The lowest BCUT2D eigenvalue weighted by Crippen LogP contribution is -2.08. The molecule has 0 bridgehead atoms. The van der Waals surface area contributed by atoms with Gasteiger partial charge in [-0.3, -0.25) is 0 Å². The van der Waals surface area contributed by atoms with Crippen LogP contribution < -0.4 is 9.47 Å². The van der Waals surface area contributed by atoms with E-state index in [0.717, 1.165) is 12.0 Å². The molecule has 0 fully saturated rings. The summed E-state index contributed by atoms with van der Waals surface area (Å²) in [6, 6.07) is 5.77. The minimum atomic E-state index is -0.240. The molecule has 0 heterocycles. The minimum absolute atomic E-state index is 0.240. The molecule has 1 rings (SSSR count). The molecule has 0 aliphatic carbocycles. The van der Waals surface area contributed by atoms with Gasteiger partial charge >= 0.3 is 5.97 Å². The number of hydrogen-bond acceptors (Lipinski definition) is 4. The second kappa shape index (κ2) is 8.25. The normalized spacial score (nSPS) is 11.1. The number of esters is 1. The van der Waals surface area contributed by atoms with E-state index in [1.165, 1.54) is 0 Å². The lowest BCUT2D eigenvalue weighted by molar-refractivity contribution is -0.138. The summed E-state index contributed by atoms with van der Waals surface area (Å²) in [6.07, 6.45) is 3.20. The summed E-state index contributed by atoms with van der Waals surface area (Å²) in [5.41, 5.74) is 1.79. The number of methoxy groups -OCH3 is 2. The number of carbonyl (C=O) groups excluding carboxylic acids is 1. The van der Waals surface area contributed by atoms with Crippen LogP contribution in [-0.4, -0.2) is 26.8 Å². The Morgan fingerprint density at radius 3 is 2.45 bits per heavy atom. The number of aryl methyl sites for hydroxylation is 1. The van der Waals surface area contributed by atoms with E-state index >= 15 is 0 Å². The Morgan fingerprint density at radius 1 is 1.20 bits per heavy atom. The first-order valence-electron chi connectivity index (χ1n) is 6.69. The molecular formula is C16H22O4. The summed E-state index contributed by atoms with van der Waals surface area (Å²) in [5, 5.41) is 0. The highest BCUT2D eigenvalue weighted by molar-refractivity contribution is 5.88. The molecule has 0 radical (unpaired) electrons. The molecule has 0 aromatic heterocycles. The Balaban J connectivity index is 2.72. The van der Waals surface area contributed by atoms with Gasteiger partial charge < -0.3 is 14.2 Å². The van der Waals surface area contributed by atoms with E-state index in [-0.39, 0.29) is 5.97 Å². The second-order valence-electron chi connectivity index (χ2n) is 4.22. The van der Waals surface area contributed by atoms with Crippen molar-refractivity contribution in [2.24, 2.45) is 0 Å². The lowest BCUT2D eigenvalue weighted by Gasteiger charge is -2.10. The van der Waals surface area contributed by atoms with Crippen molar-refractivity contribution in [1.29, 1.82) is 0 Å². The molecule has 110 valence electrons. The largest absolute Gasteiger partial charge is 0.493 e. The first kappa shape index (κ1) is 16.1. The molecule has 1 aromatic rings. The molecule has 4 heteroatoms. The molecule has 1 aromatic carbocycles. The molecule has 0 N–H and O–H groups in total. The van der Waals surface area contributed by atoms with Crippen molar-refractivity contribution in [2.75, 3.05) is 20.8 Å².